The SMILES string of the molecule is CCN1CCC[C@@H]1CNCc1ccccc1OCC(=O)Nc1ccc(C)cc1. The lowest BCUT2D eigenvalue weighted by Gasteiger charge is -2.23. The van der Waals surface area contributed by atoms with Crippen LogP contribution in [0.2, 0.25) is 0 Å². The molecule has 1 atom stereocenters. The van der Waals surface area contributed by atoms with Crippen LogP contribution < -0.4 is 15.4 Å². The summed E-state index contributed by atoms with van der Waals surface area (Å²) in [6.07, 6.45) is 2.55. The van der Waals surface area contributed by atoms with Gasteiger partial charge in [-0.3, -0.25) is 9.69 Å². The summed E-state index contributed by atoms with van der Waals surface area (Å²) in [6.45, 7) is 8.28. The third-order valence-corrected chi connectivity index (χ3v) is 5.27. The van der Waals surface area contributed by atoms with Gasteiger partial charge in [0.05, 0.1) is 0 Å². The van der Waals surface area contributed by atoms with Crippen LogP contribution in [0.4, 0.5) is 5.69 Å². The van der Waals surface area contributed by atoms with Crippen LogP contribution in [-0.2, 0) is 11.3 Å². The van der Waals surface area contributed by atoms with Crippen LogP contribution in [0.1, 0.15) is 30.9 Å². The molecule has 1 aliphatic heterocycles. The van der Waals surface area contributed by atoms with Crippen molar-refractivity contribution in [3.05, 3.63) is 59.7 Å². The highest BCUT2D eigenvalue weighted by Crippen LogP contribution is 2.19. The van der Waals surface area contributed by atoms with Gasteiger partial charge in [0.2, 0.25) is 0 Å². The summed E-state index contributed by atoms with van der Waals surface area (Å²) in [5.41, 5.74) is 3.02. The fraction of sp³-hybridized carbons (Fsp3) is 0.435. The van der Waals surface area contributed by atoms with Gasteiger partial charge in [0.25, 0.3) is 5.91 Å². The molecule has 150 valence electrons. The number of carbonyl (C=O) groups excluding carboxylic acids is 1. The number of hydrogen-bond acceptors (Lipinski definition) is 4. The van der Waals surface area contributed by atoms with Gasteiger partial charge in [-0.05, 0) is 51.1 Å². The molecule has 0 saturated carbocycles. The molecule has 0 bridgehead atoms. The number of nitrogens with zero attached hydrogens (tertiary/aromatic N) is 1. The van der Waals surface area contributed by atoms with E-state index in [1.807, 2.05) is 55.5 Å². The van der Waals surface area contributed by atoms with E-state index in [4.69, 9.17) is 4.74 Å². The quantitative estimate of drug-likeness (QED) is 0.697. The second-order valence-electron chi connectivity index (χ2n) is 7.37. The first-order chi connectivity index (χ1) is 13.7. The average Bonchev–Trinajstić information content (AvgIpc) is 3.16. The number of amides is 1. The Bertz CT molecular complexity index is 761. The number of aryl methyl sites for hydroxylation is 1. The Morgan fingerprint density at radius 1 is 1.18 bits per heavy atom. The minimum Gasteiger partial charge on any atom is -0.483 e. The molecule has 0 unspecified atom stereocenters. The van der Waals surface area contributed by atoms with Crippen LogP contribution in [0, 0.1) is 6.92 Å². The summed E-state index contributed by atoms with van der Waals surface area (Å²) in [6, 6.07) is 16.3. The maximum absolute atomic E-state index is 12.2. The molecule has 5 nitrogen and oxygen atoms in total. The maximum Gasteiger partial charge on any atom is 0.262 e. The molecule has 0 spiro atoms. The first-order valence-corrected chi connectivity index (χ1v) is 10.2. The van der Waals surface area contributed by atoms with Crippen molar-refractivity contribution < 1.29 is 9.53 Å². The lowest BCUT2D eigenvalue weighted by molar-refractivity contribution is -0.118. The second kappa shape index (κ2) is 10.2. The van der Waals surface area contributed by atoms with Gasteiger partial charge < -0.3 is 15.4 Å². The molecule has 1 heterocycles. The molecule has 0 radical (unpaired) electrons. The van der Waals surface area contributed by atoms with Crippen LogP contribution in [0.15, 0.2) is 48.5 Å². The number of para-hydroxylation sites is 1. The molecule has 3 rings (SSSR count). The van der Waals surface area contributed by atoms with E-state index in [2.05, 4.69) is 22.5 Å². The van der Waals surface area contributed by atoms with Crippen molar-refractivity contribution in [3.63, 3.8) is 0 Å². The lowest BCUT2D eigenvalue weighted by Crippen LogP contribution is -2.37. The molecule has 1 amide bonds. The third kappa shape index (κ3) is 5.81. The molecule has 0 aromatic heterocycles. The molecule has 2 aromatic carbocycles. The Labute approximate surface area is 168 Å². The smallest absolute Gasteiger partial charge is 0.262 e. The Hall–Kier alpha value is -2.37. The van der Waals surface area contributed by atoms with E-state index >= 15 is 0 Å². The highest BCUT2D eigenvalue weighted by Gasteiger charge is 2.22. The highest BCUT2D eigenvalue weighted by molar-refractivity contribution is 5.91. The van der Waals surface area contributed by atoms with Crippen LogP contribution in [-0.4, -0.2) is 43.1 Å². The molecule has 1 aliphatic rings. The zero-order valence-electron chi connectivity index (χ0n) is 16.9. The van der Waals surface area contributed by atoms with Crippen molar-refractivity contribution >= 4 is 11.6 Å². The fourth-order valence-electron chi connectivity index (χ4n) is 3.68. The molecule has 1 saturated heterocycles. The van der Waals surface area contributed by atoms with E-state index in [1.165, 1.54) is 19.4 Å². The van der Waals surface area contributed by atoms with Crippen LogP contribution >= 0.6 is 0 Å². The molecule has 1 fully saturated rings. The Morgan fingerprint density at radius 2 is 1.96 bits per heavy atom. The molecule has 2 aromatic rings. The largest absolute Gasteiger partial charge is 0.483 e. The van der Waals surface area contributed by atoms with Crippen LogP contribution in [0.3, 0.4) is 0 Å². The Balaban J connectivity index is 1.47. The van der Waals surface area contributed by atoms with E-state index in [1.54, 1.807) is 0 Å². The number of anilines is 1. The predicted octanol–water partition coefficient (Wildman–Crippen LogP) is 3.59. The van der Waals surface area contributed by atoms with Crippen molar-refractivity contribution in [2.75, 3.05) is 31.6 Å². The van der Waals surface area contributed by atoms with E-state index < -0.39 is 0 Å². The van der Waals surface area contributed by atoms with E-state index in [-0.39, 0.29) is 12.5 Å². The zero-order valence-corrected chi connectivity index (χ0v) is 16.9. The van der Waals surface area contributed by atoms with Crippen molar-refractivity contribution in [3.8, 4) is 5.75 Å². The number of likely N-dealkylation sites (tertiary alicyclic amines) is 1. The standard InChI is InChI=1S/C23H31N3O2/c1-3-26-14-6-8-21(26)16-24-15-19-7-4-5-9-22(19)28-17-23(27)25-20-12-10-18(2)11-13-20/h4-5,7,9-13,21,24H,3,6,8,14-17H2,1-2H3,(H,25,27)/t21-/m1/s1. The lowest BCUT2D eigenvalue weighted by atomic mass is 10.2. The predicted molar refractivity (Wildman–Crippen MR) is 114 cm³/mol. The summed E-state index contributed by atoms with van der Waals surface area (Å²) in [4.78, 5) is 14.7. The van der Waals surface area contributed by atoms with Crippen molar-refractivity contribution in [2.24, 2.45) is 0 Å². The first-order valence-electron chi connectivity index (χ1n) is 10.2. The minimum absolute atomic E-state index is 0.00285. The average molecular weight is 382 g/mol. The van der Waals surface area contributed by atoms with Gasteiger partial charge in [0, 0.05) is 30.4 Å². The molecule has 5 heteroatoms. The number of carbonyl (C=O) groups is 1. The Morgan fingerprint density at radius 3 is 2.75 bits per heavy atom. The summed E-state index contributed by atoms with van der Waals surface area (Å²) in [5.74, 6) is 0.601. The van der Waals surface area contributed by atoms with Gasteiger partial charge in [0.15, 0.2) is 6.61 Å². The van der Waals surface area contributed by atoms with Gasteiger partial charge in [-0.1, -0.05) is 42.8 Å². The van der Waals surface area contributed by atoms with Gasteiger partial charge >= 0.3 is 0 Å². The van der Waals surface area contributed by atoms with Gasteiger partial charge in [0.1, 0.15) is 5.75 Å². The third-order valence-electron chi connectivity index (χ3n) is 5.27. The number of likely N-dealkylation sites (N-methyl/N-ethyl adjacent to an activating group) is 1. The summed E-state index contributed by atoms with van der Waals surface area (Å²) >= 11 is 0. The minimum atomic E-state index is -0.156. The van der Waals surface area contributed by atoms with Crippen molar-refractivity contribution in [1.82, 2.24) is 10.2 Å². The van der Waals surface area contributed by atoms with Gasteiger partial charge in [-0.15, -0.1) is 0 Å². The highest BCUT2D eigenvalue weighted by atomic mass is 16.5. The summed E-state index contributed by atoms with van der Waals surface area (Å²) in [7, 11) is 0. The Kier molecular flexibility index (Phi) is 7.46. The maximum atomic E-state index is 12.2. The number of nitrogens with one attached hydrogen (secondary N) is 2. The van der Waals surface area contributed by atoms with Crippen molar-refractivity contribution in [1.29, 1.82) is 0 Å². The number of ether oxygens (including phenoxy) is 1. The molecular weight excluding hydrogens is 350 g/mol. The summed E-state index contributed by atoms with van der Waals surface area (Å²) in [5, 5.41) is 6.42. The zero-order chi connectivity index (χ0) is 19.8. The summed E-state index contributed by atoms with van der Waals surface area (Å²) < 4.78 is 5.80. The number of benzene rings is 2. The van der Waals surface area contributed by atoms with Crippen molar-refractivity contribution in [2.45, 2.75) is 39.3 Å². The fourth-order valence-corrected chi connectivity index (χ4v) is 3.68. The van der Waals surface area contributed by atoms with Crippen LogP contribution in [0.5, 0.6) is 5.75 Å². The van der Waals surface area contributed by atoms with Gasteiger partial charge in [-0.2, -0.15) is 0 Å². The van der Waals surface area contributed by atoms with E-state index in [0.717, 1.165) is 42.2 Å². The van der Waals surface area contributed by atoms with E-state index in [9.17, 15) is 4.79 Å². The van der Waals surface area contributed by atoms with Crippen LogP contribution in [0.25, 0.3) is 0 Å². The molecular formula is C23H31N3O2. The van der Waals surface area contributed by atoms with Gasteiger partial charge in [-0.25, -0.2) is 0 Å². The topological polar surface area (TPSA) is 53.6 Å². The molecule has 0 aliphatic carbocycles. The monoisotopic (exact) mass is 381 g/mol. The molecule has 2 N–H and O–H groups in total. The second-order valence-corrected chi connectivity index (χ2v) is 7.37. The van der Waals surface area contributed by atoms with E-state index in [0.29, 0.717) is 6.04 Å². The normalized spacial score (nSPS) is 16.9. The molecule has 28 heavy (non-hydrogen) atoms. The number of rotatable bonds is 9. The first kappa shape index (κ1) is 20.4. The number of hydrogen-bond donors (Lipinski definition) is 2.